The summed E-state index contributed by atoms with van der Waals surface area (Å²) >= 11 is 0. The minimum Gasteiger partial charge on any atom is -0.368 e. The maximum atomic E-state index is 12.6. The number of hydrogen-bond acceptors (Lipinski definition) is 6. The Morgan fingerprint density at radius 1 is 1.04 bits per heavy atom. The van der Waals surface area contributed by atoms with Gasteiger partial charge in [-0.3, -0.25) is 4.79 Å². The van der Waals surface area contributed by atoms with Gasteiger partial charge in [0, 0.05) is 32.5 Å². The average molecular weight is 368 g/mol. The van der Waals surface area contributed by atoms with Crippen molar-refractivity contribution in [2.45, 2.75) is 25.0 Å². The first-order valence-corrected chi connectivity index (χ1v) is 9.43. The molecule has 0 bridgehead atoms. The first kappa shape index (κ1) is 17.9. The zero-order valence-corrected chi connectivity index (χ0v) is 15.3. The molecule has 0 atom stereocenters. The van der Waals surface area contributed by atoms with Crippen molar-refractivity contribution in [2.75, 3.05) is 38.2 Å². The number of anilines is 1. The molecule has 0 radical (unpaired) electrons. The van der Waals surface area contributed by atoms with E-state index in [0.29, 0.717) is 50.7 Å². The summed E-state index contributed by atoms with van der Waals surface area (Å²) < 4.78 is 11.4. The average Bonchev–Trinajstić information content (AvgIpc) is 3.17. The first-order valence-electron chi connectivity index (χ1n) is 9.43. The van der Waals surface area contributed by atoms with E-state index in [1.165, 1.54) is 5.56 Å². The van der Waals surface area contributed by atoms with E-state index in [9.17, 15) is 4.79 Å². The molecule has 1 N–H and O–H groups in total. The molecule has 27 heavy (non-hydrogen) atoms. The number of carbonyl (C=O) groups is 1. The Hall–Kier alpha value is -2.51. The number of hydrogen-bond donors (Lipinski definition) is 1. The molecule has 142 valence electrons. The first-order chi connectivity index (χ1) is 13.2. The van der Waals surface area contributed by atoms with E-state index >= 15 is 0 Å². The van der Waals surface area contributed by atoms with Crippen molar-refractivity contribution >= 4 is 11.7 Å². The Labute approximate surface area is 158 Å². The Morgan fingerprint density at radius 2 is 1.78 bits per heavy atom. The monoisotopic (exact) mass is 368 g/mol. The number of rotatable bonds is 5. The summed E-state index contributed by atoms with van der Waals surface area (Å²) in [7, 11) is 0. The second-order valence-electron chi connectivity index (χ2n) is 6.87. The number of benzene rings is 1. The van der Waals surface area contributed by atoms with Crippen molar-refractivity contribution in [3.8, 4) is 0 Å². The molecular formula is C20H24N4O3. The number of carbonyl (C=O) groups excluding carboxylic acids is 1. The van der Waals surface area contributed by atoms with Crippen molar-refractivity contribution in [2.24, 2.45) is 0 Å². The fourth-order valence-electron chi connectivity index (χ4n) is 3.52. The zero-order chi connectivity index (χ0) is 18.5. The molecule has 7 heteroatoms. The smallest absolute Gasteiger partial charge is 0.274 e. The van der Waals surface area contributed by atoms with Crippen LogP contribution in [0.1, 0.15) is 28.9 Å². The number of piperidine rings is 1. The third-order valence-corrected chi connectivity index (χ3v) is 5.07. The van der Waals surface area contributed by atoms with Crippen LogP contribution in [0.5, 0.6) is 0 Å². The summed E-state index contributed by atoms with van der Waals surface area (Å²) in [6, 6.07) is 13.8. The molecule has 1 aromatic heterocycles. The summed E-state index contributed by atoms with van der Waals surface area (Å²) in [5.74, 6) is 0.105. The number of nitrogens with one attached hydrogen (secondary N) is 1. The normalized spacial score (nSPS) is 18.6. The highest BCUT2D eigenvalue weighted by molar-refractivity contribution is 5.92. The molecule has 1 aromatic carbocycles. The standard InChI is InChI=1S/C20H24N4O3/c25-19(24-12-9-20(10-13-24)26-14-15-27-20)17-6-7-18(23-22-17)21-11-8-16-4-2-1-3-5-16/h1-7H,8-15H2,(H,21,23). The topological polar surface area (TPSA) is 76.6 Å². The molecule has 2 aliphatic heterocycles. The van der Waals surface area contributed by atoms with Crippen molar-refractivity contribution in [3.05, 3.63) is 53.7 Å². The summed E-state index contributed by atoms with van der Waals surface area (Å²) in [4.78, 5) is 14.4. The van der Waals surface area contributed by atoms with Gasteiger partial charge in [-0.05, 0) is 24.1 Å². The van der Waals surface area contributed by atoms with Crippen LogP contribution in [0.2, 0.25) is 0 Å². The Balaban J connectivity index is 1.27. The summed E-state index contributed by atoms with van der Waals surface area (Å²) in [5, 5.41) is 11.5. The van der Waals surface area contributed by atoms with Gasteiger partial charge in [0.2, 0.25) is 0 Å². The Kier molecular flexibility index (Phi) is 5.31. The van der Waals surface area contributed by atoms with Gasteiger partial charge < -0.3 is 19.7 Å². The number of ether oxygens (including phenoxy) is 2. The van der Waals surface area contributed by atoms with E-state index < -0.39 is 5.79 Å². The van der Waals surface area contributed by atoms with Gasteiger partial charge in [0.1, 0.15) is 5.82 Å². The lowest BCUT2D eigenvalue weighted by Gasteiger charge is -2.37. The lowest BCUT2D eigenvalue weighted by Crippen LogP contribution is -2.47. The van der Waals surface area contributed by atoms with E-state index in [1.807, 2.05) is 18.2 Å². The lowest BCUT2D eigenvalue weighted by molar-refractivity contribution is -0.181. The summed E-state index contributed by atoms with van der Waals surface area (Å²) in [6.07, 6.45) is 2.31. The van der Waals surface area contributed by atoms with Crippen molar-refractivity contribution in [3.63, 3.8) is 0 Å². The van der Waals surface area contributed by atoms with Crippen molar-refractivity contribution < 1.29 is 14.3 Å². The Bertz CT molecular complexity index is 751. The third kappa shape index (κ3) is 4.26. The van der Waals surface area contributed by atoms with Crippen LogP contribution in [0.3, 0.4) is 0 Å². The number of likely N-dealkylation sites (tertiary alicyclic amines) is 1. The molecule has 2 fully saturated rings. The number of aromatic nitrogens is 2. The molecular weight excluding hydrogens is 344 g/mol. The molecule has 3 heterocycles. The molecule has 2 aromatic rings. The second-order valence-corrected chi connectivity index (χ2v) is 6.87. The van der Waals surface area contributed by atoms with Crippen LogP contribution in [-0.4, -0.2) is 59.6 Å². The summed E-state index contributed by atoms with van der Waals surface area (Å²) in [6.45, 7) is 3.26. The maximum Gasteiger partial charge on any atom is 0.274 e. The van der Waals surface area contributed by atoms with Gasteiger partial charge in [0.05, 0.1) is 13.2 Å². The molecule has 0 saturated carbocycles. The quantitative estimate of drug-likeness (QED) is 0.871. The van der Waals surface area contributed by atoms with Gasteiger partial charge in [-0.25, -0.2) is 0 Å². The predicted octanol–water partition coefficient (Wildman–Crippen LogP) is 2.11. The molecule has 4 rings (SSSR count). The highest BCUT2D eigenvalue weighted by Gasteiger charge is 2.41. The minimum atomic E-state index is -0.477. The number of nitrogens with zero attached hydrogens (tertiary/aromatic N) is 3. The van der Waals surface area contributed by atoms with Crippen molar-refractivity contribution in [1.82, 2.24) is 15.1 Å². The number of amides is 1. The Morgan fingerprint density at radius 3 is 2.44 bits per heavy atom. The molecule has 1 spiro atoms. The highest BCUT2D eigenvalue weighted by atomic mass is 16.7. The molecule has 0 unspecified atom stereocenters. The van der Waals surface area contributed by atoms with Gasteiger partial charge in [0.15, 0.2) is 11.5 Å². The van der Waals surface area contributed by atoms with Crippen molar-refractivity contribution in [1.29, 1.82) is 0 Å². The molecule has 0 aliphatic carbocycles. The third-order valence-electron chi connectivity index (χ3n) is 5.07. The zero-order valence-electron chi connectivity index (χ0n) is 15.3. The van der Waals surface area contributed by atoms with Gasteiger partial charge in [0.25, 0.3) is 5.91 Å². The highest BCUT2D eigenvalue weighted by Crippen LogP contribution is 2.31. The van der Waals surface area contributed by atoms with Crippen LogP contribution >= 0.6 is 0 Å². The molecule has 1 amide bonds. The van der Waals surface area contributed by atoms with Crippen LogP contribution in [0, 0.1) is 0 Å². The van der Waals surface area contributed by atoms with E-state index in [1.54, 1.807) is 17.0 Å². The van der Waals surface area contributed by atoms with Gasteiger partial charge in [-0.2, -0.15) is 0 Å². The summed E-state index contributed by atoms with van der Waals surface area (Å²) in [5.41, 5.74) is 1.63. The second kappa shape index (κ2) is 8.02. The van der Waals surface area contributed by atoms with Gasteiger partial charge >= 0.3 is 0 Å². The SMILES string of the molecule is O=C(c1ccc(NCCc2ccccc2)nn1)N1CCC2(CC1)OCCO2. The molecule has 2 saturated heterocycles. The fraction of sp³-hybridized carbons (Fsp3) is 0.450. The van der Waals surface area contributed by atoms with Gasteiger partial charge in [-0.15, -0.1) is 10.2 Å². The van der Waals surface area contributed by atoms with E-state index in [2.05, 4.69) is 27.6 Å². The lowest BCUT2D eigenvalue weighted by atomic mass is 10.0. The van der Waals surface area contributed by atoms with Crippen LogP contribution in [0.15, 0.2) is 42.5 Å². The minimum absolute atomic E-state index is 0.0915. The van der Waals surface area contributed by atoms with Crippen LogP contribution in [-0.2, 0) is 15.9 Å². The van der Waals surface area contributed by atoms with E-state index in [0.717, 1.165) is 13.0 Å². The van der Waals surface area contributed by atoms with Crippen LogP contribution in [0.4, 0.5) is 5.82 Å². The largest absolute Gasteiger partial charge is 0.368 e. The molecule has 7 nitrogen and oxygen atoms in total. The maximum absolute atomic E-state index is 12.6. The molecule has 2 aliphatic rings. The predicted molar refractivity (Wildman–Crippen MR) is 100 cm³/mol. The van der Waals surface area contributed by atoms with Crippen LogP contribution in [0.25, 0.3) is 0 Å². The van der Waals surface area contributed by atoms with Crippen LogP contribution < -0.4 is 5.32 Å². The van der Waals surface area contributed by atoms with E-state index in [-0.39, 0.29) is 5.91 Å². The van der Waals surface area contributed by atoms with Gasteiger partial charge in [-0.1, -0.05) is 30.3 Å². The fourth-order valence-corrected chi connectivity index (χ4v) is 3.52. The van der Waals surface area contributed by atoms with E-state index in [4.69, 9.17) is 9.47 Å².